The SMILES string of the molecule is COc1cccc(N(CC(=O)N/N=C/c2ccc(OCC(N)=O)cc2)S(=O)(=O)c2ccc(C)cc2)c1. The molecule has 0 fully saturated rings. The molecule has 0 heterocycles. The van der Waals surface area contributed by atoms with E-state index in [9.17, 15) is 18.0 Å². The van der Waals surface area contributed by atoms with Crippen LogP contribution in [0.3, 0.4) is 0 Å². The van der Waals surface area contributed by atoms with Crippen LogP contribution in [-0.2, 0) is 19.6 Å². The minimum atomic E-state index is -4.07. The summed E-state index contributed by atoms with van der Waals surface area (Å²) >= 11 is 0. The number of aryl methyl sites for hydroxylation is 1. The lowest BCUT2D eigenvalue weighted by atomic mass is 10.2. The Morgan fingerprint density at radius 3 is 2.36 bits per heavy atom. The number of anilines is 1. The van der Waals surface area contributed by atoms with Crippen LogP contribution in [0.1, 0.15) is 11.1 Å². The molecule has 0 bridgehead atoms. The number of methoxy groups -OCH3 is 1. The summed E-state index contributed by atoms with van der Waals surface area (Å²) in [4.78, 5) is 23.5. The lowest BCUT2D eigenvalue weighted by molar-refractivity contribution is -0.120. The molecule has 3 aromatic rings. The fourth-order valence-electron chi connectivity index (χ4n) is 3.07. The Morgan fingerprint density at radius 2 is 1.72 bits per heavy atom. The molecule has 0 aliphatic rings. The molecule has 0 saturated carbocycles. The largest absolute Gasteiger partial charge is 0.497 e. The highest BCUT2D eigenvalue weighted by Gasteiger charge is 2.27. The zero-order chi connectivity index (χ0) is 26.1. The van der Waals surface area contributed by atoms with Crippen molar-refractivity contribution >= 4 is 33.7 Å². The topological polar surface area (TPSA) is 140 Å². The number of rotatable bonds is 11. The molecule has 0 aromatic heterocycles. The minimum absolute atomic E-state index is 0.0471. The van der Waals surface area contributed by atoms with Gasteiger partial charge in [0.05, 0.1) is 23.9 Å². The highest BCUT2D eigenvalue weighted by molar-refractivity contribution is 7.92. The average molecular weight is 511 g/mol. The second-order valence-corrected chi connectivity index (χ2v) is 9.51. The first-order valence-electron chi connectivity index (χ1n) is 10.8. The normalized spacial score (nSPS) is 11.2. The maximum Gasteiger partial charge on any atom is 0.264 e. The predicted octanol–water partition coefficient (Wildman–Crippen LogP) is 2.21. The smallest absolute Gasteiger partial charge is 0.264 e. The van der Waals surface area contributed by atoms with Crippen molar-refractivity contribution in [1.82, 2.24) is 5.43 Å². The van der Waals surface area contributed by atoms with Gasteiger partial charge in [-0.25, -0.2) is 13.8 Å². The number of hydrogen-bond donors (Lipinski definition) is 2. The second-order valence-electron chi connectivity index (χ2n) is 7.64. The lowest BCUT2D eigenvalue weighted by Crippen LogP contribution is -2.39. The van der Waals surface area contributed by atoms with Gasteiger partial charge in [0.25, 0.3) is 21.8 Å². The molecule has 0 unspecified atom stereocenters. The summed E-state index contributed by atoms with van der Waals surface area (Å²) in [5.74, 6) is -0.342. The van der Waals surface area contributed by atoms with Crippen molar-refractivity contribution < 1.29 is 27.5 Å². The maximum absolute atomic E-state index is 13.4. The van der Waals surface area contributed by atoms with Crippen LogP contribution < -0.4 is 24.9 Å². The van der Waals surface area contributed by atoms with Gasteiger partial charge in [-0.1, -0.05) is 23.8 Å². The molecule has 188 valence electrons. The molecular weight excluding hydrogens is 484 g/mol. The molecule has 2 amide bonds. The quantitative estimate of drug-likeness (QED) is 0.299. The first-order chi connectivity index (χ1) is 17.2. The number of ether oxygens (including phenoxy) is 2. The van der Waals surface area contributed by atoms with Gasteiger partial charge in [-0.05, 0) is 61.0 Å². The third kappa shape index (κ3) is 7.06. The summed E-state index contributed by atoms with van der Waals surface area (Å²) in [5, 5.41) is 3.91. The standard InChI is InChI=1S/C25H26N4O6S/c1-18-6-12-23(13-7-18)36(32,33)29(20-4-3-5-22(14-20)34-2)16-25(31)28-27-15-19-8-10-21(11-9-19)35-17-24(26)30/h3-15H,16-17H2,1-2H3,(H2,26,30)(H,28,31)/b27-15+. The van der Waals surface area contributed by atoms with Crippen LogP contribution in [0.25, 0.3) is 0 Å². The van der Waals surface area contributed by atoms with Gasteiger partial charge in [0, 0.05) is 6.07 Å². The van der Waals surface area contributed by atoms with Crippen LogP contribution in [0.5, 0.6) is 11.5 Å². The fourth-order valence-corrected chi connectivity index (χ4v) is 4.48. The number of benzene rings is 3. The monoisotopic (exact) mass is 510 g/mol. The molecule has 3 rings (SSSR count). The van der Waals surface area contributed by atoms with Gasteiger partial charge in [0.15, 0.2) is 6.61 Å². The molecule has 10 nitrogen and oxygen atoms in total. The van der Waals surface area contributed by atoms with Crippen LogP contribution in [0.15, 0.2) is 82.8 Å². The molecule has 36 heavy (non-hydrogen) atoms. The number of amides is 2. The Hall–Kier alpha value is -4.38. The summed E-state index contributed by atoms with van der Waals surface area (Å²) in [6.07, 6.45) is 1.39. The molecule has 3 aromatic carbocycles. The number of hydrazone groups is 1. The first-order valence-corrected chi connectivity index (χ1v) is 12.2. The summed E-state index contributed by atoms with van der Waals surface area (Å²) in [7, 11) is -2.60. The van der Waals surface area contributed by atoms with E-state index in [1.807, 2.05) is 6.92 Å². The van der Waals surface area contributed by atoms with E-state index in [1.54, 1.807) is 54.6 Å². The number of carbonyl (C=O) groups excluding carboxylic acids is 2. The highest BCUT2D eigenvalue weighted by Crippen LogP contribution is 2.27. The van der Waals surface area contributed by atoms with Crippen molar-refractivity contribution in [2.45, 2.75) is 11.8 Å². The van der Waals surface area contributed by atoms with Gasteiger partial charge < -0.3 is 15.2 Å². The zero-order valence-corrected chi connectivity index (χ0v) is 20.6. The van der Waals surface area contributed by atoms with Crippen molar-refractivity contribution in [1.29, 1.82) is 0 Å². The molecule has 0 aliphatic carbocycles. The average Bonchev–Trinajstić information content (AvgIpc) is 2.87. The third-order valence-electron chi connectivity index (χ3n) is 4.90. The highest BCUT2D eigenvalue weighted by atomic mass is 32.2. The summed E-state index contributed by atoms with van der Waals surface area (Å²) in [6.45, 7) is 1.10. The number of nitrogens with two attached hydrogens (primary N) is 1. The van der Waals surface area contributed by atoms with Crippen molar-refractivity contribution in [3.8, 4) is 11.5 Å². The summed E-state index contributed by atoms with van der Waals surface area (Å²) in [6, 6.07) is 19.3. The molecule has 0 spiro atoms. The predicted molar refractivity (Wildman–Crippen MR) is 136 cm³/mol. The van der Waals surface area contributed by atoms with E-state index in [1.165, 1.54) is 31.5 Å². The van der Waals surface area contributed by atoms with Gasteiger partial charge >= 0.3 is 0 Å². The van der Waals surface area contributed by atoms with Crippen LogP contribution in [0.2, 0.25) is 0 Å². The fraction of sp³-hybridized carbons (Fsp3) is 0.160. The Labute approximate surface area is 209 Å². The number of hydrogen-bond acceptors (Lipinski definition) is 7. The van der Waals surface area contributed by atoms with Gasteiger partial charge in [-0.15, -0.1) is 0 Å². The second kappa shape index (κ2) is 11.8. The van der Waals surface area contributed by atoms with E-state index in [-0.39, 0.29) is 17.2 Å². The molecule has 0 atom stereocenters. The lowest BCUT2D eigenvalue weighted by Gasteiger charge is -2.24. The van der Waals surface area contributed by atoms with Crippen LogP contribution in [0.4, 0.5) is 5.69 Å². The van der Waals surface area contributed by atoms with E-state index in [0.717, 1.165) is 9.87 Å². The van der Waals surface area contributed by atoms with Crippen molar-refractivity contribution in [3.63, 3.8) is 0 Å². The minimum Gasteiger partial charge on any atom is -0.497 e. The molecule has 0 radical (unpaired) electrons. The number of carbonyl (C=O) groups is 2. The molecule has 3 N–H and O–H groups in total. The number of primary amides is 1. The van der Waals surface area contributed by atoms with Crippen molar-refractivity contribution in [2.24, 2.45) is 10.8 Å². The zero-order valence-electron chi connectivity index (χ0n) is 19.7. The van der Waals surface area contributed by atoms with E-state index < -0.39 is 28.4 Å². The van der Waals surface area contributed by atoms with Gasteiger partial charge in [0.2, 0.25) is 0 Å². The van der Waals surface area contributed by atoms with Crippen LogP contribution in [0, 0.1) is 6.92 Å². The van der Waals surface area contributed by atoms with Gasteiger partial charge in [-0.2, -0.15) is 5.10 Å². The maximum atomic E-state index is 13.4. The van der Waals surface area contributed by atoms with Crippen molar-refractivity contribution in [2.75, 3.05) is 24.6 Å². The number of nitrogens with zero attached hydrogens (tertiary/aromatic N) is 2. The molecule has 11 heteroatoms. The van der Waals surface area contributed by atoms with Crippen LogP contribution in [-0.4, -0.2) is 46.7 Å². The Kier molecular flexibility index (Phi) is 8.63. The number of sulfonamides is 1. The Morgan fingerprint density at radius 1 is 1.03 bits per heavy atom. The summed E-state index contributed by atoms with van der Waals surface area (Å²) in [5.41, 5.74) is 9.20. The van der Waals surface area contributed by atoms with Crippen LogP contribution >= 0.6 is 0 Å². The van der Waals surface area contributed by atoms with Gasteiger partial charge in [-0.3, -0.25) is 13.9 Å². The van der Waals surface area contributed by atoms with E-state index in [0.29, 0.717) is 17.1 Å². The molecule has 0 saturated heterocycles. The van der Waals surface area contributed by atoms with Gasteiger partial charge in [0.1, 0.15) is 18.0 Å². The molecule has 0 aliphatic heterocycles. The van der Waals surface area contributed by atoms with Crippen molar-refractivity contribution in [3.05, 3.63) is 83.9 Å². The first kappa shape index (κ1) is 26.2. The van der Waals surface area contributed by atoms with E-state index >= 15 is 0 Å². The molecular formula is C25H26N4O6S. The summed E-state index contributed by atoms with van der Waals surface area (Å²) < 4.78 is 38.2. The van der Waals surface area contributed by atoms with E-state index in [4.69, 9.17) is 15.2 Å². The third-order valence-corrected chi connectivity index (χ3v) is 6.69. The Bertz CT molecular complexity index is 1340. The van der Waals surface area contributed by atoms with E-state index in [2.05, 4.69) is 10.5 Å². The number of nitrogens with one attached hydrogen (secondary N) is 1. The Balaban J connectivity index is 1.75.